The lowest BCUT2D eigenvalue weighted by Crippen LogP contribution is -2.48. The molecule has 0 amide bonds. The third-order valence-corrected chi connectivity index (χ3v) is 4.39. The molecule has 1 N–H and O–H groups in total. The van der Waals surface area contributed by atoms with Gasteiger partial charge in [-0.15, -0.1) is 0 Å². The lowest BCUT2D eigenvalue weighted by Gasteiger charge is -2.42. The molecule has 1 rings (SSSR count). The van der Waals surface area contributed by atoms with Crippen LogP contribution in [0.4, 0.5) is 13.2 Å². The monoisotopic (exact) mass is 309 g/mol. The highest BCUT2D eigenvalue weighted by Crippen LogP contribution is 2.39. The standard InChI is InChI=1S/C16H30F3NO/c1-5-9-20-13-7-6-12(15(2,3)4)11-14(13)21-10-8-16(17,18)19/h12-14,20H,5-11H2,1-4H3. The molecule has 3 unspecified atom stereocenters. The van der Waals surface area contributed by atoms with Crippen molar-refractivity contribution in [1.82, 2.24) is 5.32 Å². The quantitative estimate of drug-likeness (QED) is 0.778. The molecule has 0 spiro atoms. The van der Waals surface area contributed by atoms with Gasteiger partial charge in [0.2, 0.25) is 0 Å². The summed E-state index contributed by atoms with van der Waals surface area (Å²) in [5, 5.41) is 3.43. The SMILES string of the molecule is CCCNC1CCC(C(C)(C)C)CC1OCCC(F)(F)F. The predicted molar refractivity (Wildman–Crippen MR) is 79.3 cm³/mol. The van der Waals surface area contributed by atoms with Gasteiger partial charge in [-0.1, -0.05) is 27.7 Å². The van der Waals surface area contributed by atoms with Gasteiger partial charge in [0.1, 0.15) is 0 Å². The van der Waals surface area contributed by atoms with Crippen LogP contribution >= 0.6 is 0 Å². The highest BCUT2D eigenvalue weighted by atomic mass is 19.4. The molecule has 5 heteroatoms. The van der Waals surface area contributed by atoms with E-state index in [1.165, 1.54) is 0 Å². The van der Waals surface area contributed by atoms with Gasteiger partial charge in [0.25, 0.3) is 0 Å². The van der Waals surface area contributed by atoms with Crippen molar-refractivity contribution in [2.75, 3.05) is 13.2 Å². The molecule has 126 valence electrons. The number of alkyl halides is 3. The zero-order chi connectivity index (χ0) is 16.1. The van der Waals surface area contributed by atoms with Crippen molar-refractivity contribution in [3.8, 4) is 0 Å². The van der Waals surface area contributed by atoms with Gasteiger partial charge in [-0.3, -0.25) is 0 Å². The van der Waals surface area contributed by atoms with Gasteiger partial charge in [-0.2, -0.15) is 13.2 Å². The molecule has 0 aromatic carbocycles. The van der Waals surface area contributed by atoms with Crippen LogP contribution < -0.4 is 5.32 Å². The summed E-state index contributed by atoms with van der Waals surface area (Å²) >= 11 is 0. The third kappa shape index (κ3) is 7.00. The summed E-state index contributed by atoms with van der Waals surface area (Å²) in [6, 6.07) is 0.191. The Hall–Kier alpha value is -0.290. The maximum atomic E-state index is 12.3. The molecular formula is C16H30F3NO. The van der Waals surface area contributed by atoms with E-state index in [0.29, 0.717) is 5.92 Å². The minimum atomic E-state index is -4.13. The molecule has 0 bridgehead atoms. The topological polar surface area (TPSA) is 21.3 Å². The minimum Gasteiger partial charge on any atom is -0.376 e. The van der Waals surface area contributed by atoms with Crippen LogP contribution in [0.25, 0.3) is 0 Å². The lowest BCUT2D eigenvalue weighted by atomic mass is 9.70. The number of nitrogens with one attached hydrogen (secondary N) is 1. The van der Waals surface area contributed by atoms with Crippen LogP contribution in [0, 0.1) is 11.3 Å². The van der Waals surface area contributed by atoms with Crippen LogP contribution in [0.1, 0.15) is 59.8 Å². The van der Waals surface area contributed by atoms with Crippen molar-refractivity contribution in [3.05, 3.63) is 0 Å². The van der Waals surface area contributed by atoms with Crippen molar-refractivity contribution >= 4 is 0 Å². The molecule has 0 aliphatic heterocycles. The lowest BCUT2D eigenvalue weighted by molar-refractivity contribution is -0.153. The van der Waals surface area contributed by atoms with Crippen molar-refractivity contribution in [1.29, 1.82) is 0 Å². The maximum absolute atomic E-state index is 12.3. The van der Waals surface area contributed by atoms with Crippen molar-refractivity contribution in [2.45, 2.75) is 78.1 Å². The van der Waals surface area contributed by atoms with Crippen molar-refractivity contribution in [2.24, 2.45) is 11.3 Å². The van der Waals surface area contributed by atoms with Crippen LogP contribution in [-0.4, -0.2) is 31.5 Å². The summed E-state index contributed by atoms with van der Waals surface area (Å²) in [6.07, 6.45) is -1.12. The van der Waals surface area contributed by atoms with E-state index in [4.69, 9.17) is 4.74 Å². The number of rotatable bonds is 6. The second-order valence-electron chi connectivity index (χ2n) is 7.21. The van der Waals surface area contributed by atoms with E-state index in [0.717, 1.165) is 32.2 Å². The zero-order valence-electron chi connectivity index (χ0n) is 13.7. The van der Waals surface area contributed by atoms with E-state index in [2.05, 4.69) is 33.0 Å². The Morgan fingerprint density at radius 2 is 1.81 bits per heavy atom. The summed E-state index contributed by atoms with van der Waals surface area (Å²) < 4.78 is 42.5. The largest absolute Gasteiger partial charge is 0.391 e. The van der Waals surface area contributed by atoms with Crippen LogP contribution in [0.3, 0.4) is 0 Å². The smallest absolute Gasteiger partial charge is 0.376 e. The second-order valence-corrected chi connectivity index (χ2v) is 7.21. The maximum Gasteiger partial charge on any atom is 0.391 e. The number of hydrogen-bond acceptors (Lipinski definition) is 2. The van der Waals surface area contributed by atoms with E-state index in [1.807, 2.05) is 0 Å². The Labute approximate surface area is 126 Å². The van der Waals surface area contributed by atoms with Gasteiger partial charge in [0, 0.05) is 6.04 Å². The van der Waals surface area contributed by atoms with Gasteiger partial charge < -0.3 is 10.1 Å². The predicted octanol–water partition coefficient (Wildman–Crippen LogP) is 4.54. The molecule has 0 heterocycles. The van der Waals surface area contributed by atoms with Crippen molar-refractivity contribution < 1.29 is 17.9 Å². The molecule has 21 heavy (non-hydrogen) atoms. The fourth-order valence-electron chi connectivity index (χ4n) is 2.99. The first kappa shape index (κ1) is 18.8. The summed E-state index contributed by atoms with van der Waals surface area (Å²) in [5.74, 6) is 0.507. The third-order valence-electron chi connectivity index (χ3n) is 4.39. The zero-order valence-corrected chi connectivity index (χ0v) is 13.7. The van der Waals surface area contributed by atoms with Crippen molar-refractivity contribution in [3.63, 3.8) is 0 Å². The molecule has 3 atom stereocenters. The van der Waals surface area contributed by atoms with Gasteiger partial charge in [-0.25, -0.2) is 0 Å². The Balaban J connectivity index is 2.56. The number of hydrogen-bond donors (Lipinski definition) is 1. The summed E-state index contributed by atoms with van der Waals surface area (Å²) in [5.41, 5.74) is 0.182. The summed E-state index contributed by atoms with van der Waals surface area (Å²) in [6.45, 7) is 9.35. The average molecular weight is 309 g/mol. The molecule has 0 aromatic rings. The fraction of sp³-hybridized carbons (Fsp3) is 1.00. The Morgan fingerprint density at radius 3 is 2.33 bits per heavy atom. The molecule has 1 saturated carbocycles. The Kier molecular flexibility index (Phi) is 6.98. The van der Waals surface area contributed by atoms with E-state index < -0.39 is 12.6 Å². The first-order valence-electron chi connectivity index (χ1n) is 8.05. The fourth-order valence-corrected chi connectivity index (χ4v) is 2.99. The van der Waals surface area contributed by atoms with Gasteiger partial charge in [0.05, 0.1) is 19.1 Å². The highest BCUT2D eigenvalue weighted by Gasteiger charge is 2.37. The van der Waals surface area contributed by atoms with E-state index >= 15 is 0 Å². The molecule has 1 aliphatic rings. The molecule has 1 fully saturated rings. The van der Waals surface area contributed by atoms with E-state index in [1.54, 1.807) is 0 Å². The normalized spacial score (nSPS) is 27.9. The first-order valence-corrected chi connectivity index (χ1v) is 8.05. The molecule has 2 nitrogen and oxygen atoms in total. The average Bonchev–Trinajstić information content (AvgIpc) is 2.34. The van der Waals surface area contributed by atoms with Gasteiger partial charge in [-0.05, 0) is 43.6 Å². The molecule has 0 saturated heterocycles. The number of halogens is 3. The van der Waals surface area contributed by atoms with E-state index in [9.17, 15) is 13.2 Å². The van der Waals surface area contributed by atoms with Crippen LogP contribution in [-0.2, 0) is 4.74 Å². The highest BCUT2D eigenvalue weighted by molar-refractivity contribution is 4.90. The van der Waals surface area contributed by atoms with Gasteiger partial charge in [0.15, 0.2) is 0 Å². The second kappa shape index (κ2) is 7.82. The molecular weight excluding hydrogens is 279 g/mol. The summed E-state index contributed by atoms with van der Waals surface area (Å²) in [4.78, 5) is 0. The van der Waals surface area contributed by atoms with Crippen LogP contribution in [0.2, 0.25) is 0 Å². The van der Waals surface area contributed by atoms with Gasteiger partial charge >= 0.3 is 6.18 Å². The Morgan fingerprint density at radius 1 is 1.14 bits per heavy atom. The first-order chi connectivity index (χ1) is 9.63. The molecule has 1 aliphatic carbocycles. The number of ether oxygens (including phenoxy) is 1. The molecule has 0 aromatic heterocycles. The summed E-state index contributed by atoms with van der Waals surface area (Å²) in [7, 11) is 0. The van der Waals surface area contributed by atoms with E-state index in [-0.39, 0.29) is 24.2 Å². The Bertz CT molecular complexity index is 299. The van der Waals surface area contributed by atoms with Crippen LogP contribution in [0.5, 0.6) is 0 Å². The van der Waals surface area contributed by atoms with Crippen LogP contribution in [0.15, 0.2) is 0 Å². The molecule has 0 radical (unpaired) electrons. The minimum absolute atomic E-state index is 0.100.